The summed E-state index contributed by atoms with van der Waals surface area (Å²) in [5.41, 5.74) is 6.07. The Labute approximate surface area is 93.3 Å². The highest BCUT2D eigenvalue weighted by atomic mass is 16.5. The lowest BCUT2D eigenvalue weighted by molar-refractivity contribution is 0.0601. The Balaban J connectivity index is 2.77. The Morgan fingerprint density at radius 3 is 2.81 bits per heavy atom. The van der Waals surface area contributed by atoms with Gasteiger partial charge in [0.15, 0.2) is 0 Å². The van der Waals surface area contributed by atoms with Crippen LogP contribution in [0.1, 0.15) is 10.4 Å². The standard InChI is InChI=1S/C10H14N2O4/c1-14-3-4-16-9-5-7(10(13)15-2)8(11)6-12-9/h5-6H,3-4,11H2,1-2H3. The second-order valence-corrected chi connectivity index (χ2v) is 2.94. The summed E-state index contributed by atoms with van der Waals surface area (Å²) in [6.45, 7) is 0.799. The molecule has 6 nitrogen and oxygen atoms in total. The Morgan fingerprint density at radius 1 is 1.44 bits per heavy atom. The number of rotatable bonds is 5. The lowest BCUT2D eigenvalue weighted by Gasteiger charge is -2.07. The summed E-state index contributed by atoms with van der Waals surface area (Å²) in [6, 6.07) is 1.44. The van der Waals surface area contributed by atoms with Crippen molar-refractivity contribution in [1.29, 1.82) is 0 Å². The highest BCUT2D eigenvalue weighted by Crippen LogP contribution is 2.17. The van der Waals surface area contributed by atoms with E-state index >= 15 is 0 Å². The van der Waals surface area contributed by atoms with Crippen molar-refractivity contribution in [3.8, 4) is 5.88 Å². The van der Waals surface area contributed by atoms with E-state index in [-0.39, 0.29) is 11.3 Å². The van der Waals surface area contributed by atoms with Gasteiger partial charge in [0.25, 0.3) is 0 Å². The van der Waals surface area contributed by atoms with E-state index in [0.717, 1.165) is 0 Å². The number of aromatic nitrogens is 1. The Kier molecular flexibility index (Phi) is 4.53. The van der Waals surface area contributed by atoms with Crippen molar-refractivity contribution in [3.05, 3.63) is 17.8 Å². The van der Waals surface area contributed by atoms with E-state index in [4.69, 9.17) is 15.2 Å². The molecule has 1 heterocycles. The molecule has 0 aliphatic heterocycles. The van der Waals surface area contributed by atoms with Gasteiger partial charge in [-0.1, -0.05) is 0 Å². The van der Waals surface area contributed by atoms with Crippen molar-refractivity contribution in [3.63, 3.8) is 0 Å². The molecule has 0 bridgehead atoms. The Morgan fingerprint density at radius 2 is 2.19 bits per heavy atom. The van der Waals surface area contributed by atoms with Crippen LogP contribution < -0.4 is 10.5 Å². The zero-order valence-corrected chi connectivity index (χ0v) is 9.23. The summed E-state index contributed by atoms with van der Waals surface area (Å²) < 4.78 is 14.6. The molecule has 0 fully saturated rings. The van der Waals surface area contributed by atoms with E-state index in [2.05, 4.69) is 9.72 Å². The molecule has 0 spiro atoms. The number of nitrogens with zero attached hydrogens (tertiary/aromatic N) is 1. The summed E-state index contributed by atoms with van der Waals surface area (Å²) in [7, 11) is 2.85. The molecule has 0 saturated carbocycles. The fourth-order valence-corrected chi connectivity index (χ4v) is 1.04. The van der Waals surface area contributed by atoms with Crippen LogP contribution in [0.5, 0.6) is 5.88 Å². The second-order valence-electron chi connectivity index (χ2n) is 2.94. The van der Waals surface area contributed by atoms with Crippen molar-refractivity contribution < 1.29 is 19.0 Å². The van der Waals surface area contributed by atoms with Gasteiger partial charge in [0.1, 0.15) is 6.61 Å². The SMILES string of the molecule is COCCOc1cc(C(=O)OC)c(N)cn1. The van der Waals surface area contributed by atoms with Gasteiger partial charge in [-0.25, -0.2) is 9.78 Å². The largest absolute Gasteiger partial charge is 0.475 e. The molecular weight excluding hydrogens is 212 g/mol. The molecule has 1 rings (SSSR count). The van der Waals surface area contributed by atoms with Gasteiger partial charge in [-0.3, -0.25) is 0 Å². The first-order chi connectivity index (χ1) is 7.69. The van der Waals surface area contributed by atoms with Crippen molar-refractivity contribution >= 4 is 11.7 Å². The second kappa shape index (κ2) is 5.92. The lowest BCUT2D eigenvalue weighted by atomic mass is 10.2. The van der Waals surface area contributed by atoms with Crippen LogP contribution in [-0.4, -0.2) is 38.4 Å². The van der Waals surface area contributed by atoms with Crippen LogP contribution in [0.3, 0.4) is 0 Å². The highest BCUT2D eigenvalue weighted by molar-refractivity contribution is 5.95. The summed E-state index contributed by atoms with van der Waals surface area (Å²) in [6.07, 6.45) is 1.36. The molecule has 16 heavy (non-hydrogen) atoms. The third kappa shape index (κ3) is 3.09. The zero-order valence-electron chi connectivity index (χ0n) is 9.23. The number of esters is 1. The average Bonchev–Trinajstić information content (AvgIpc) is 2.30. The molecule has 6 heteroatoms. The van der Waals surface area contributed by atoms with Gasteiger partial charge >= 0.3 is 5.97 Å². The molecule has 0 saturated heterocycles. The van der Waals surface area contributed by atoms with E-state index in [1.807, 2.05) is 0 Å². The molecule has 0 radical (unpaired) electrons. The summed E-state index contributed by atoms with van der Waals surface area (Å²) in [4.78, 5) is 15.2. The topological polar surface area (TPSA) is 83.7 Å². The van der Waals surface area contributed by atoms with E-state index in [1.54, 1.807) is 7.11 Å². The molecule has 0 unspecified atom stereocenters. The van der Waals surface area contributed by atoms with Gasteiger partial charge in [-0.2, -0.15) is 0 Å². The summed E-state index contributed by atoms with van der Waals surface area (Å²) in [5.74, 6) is -0.205. The van der Waals surface area contributed by atoms with Crippen LogP contribution in [-0.2, 0) is 9.47 Å². The number of pyridine rings is 1. The number of anilines is 1. The number of carbonyl (C=O) groups is 1. The monoisotopic (exact) mass is 226 g/mol. The first-order valence-electron chi connectivity index (χ1n) is 4.64. The van der Waals surface area contributed by atoms with Crippen LogP contribution >= 0.6 is 0 Å². The maximum atomic E-state index is 11.3. The fraction of sp³-hybridized carbons (Fsp3) is 0.400. The average molecular weight is 226 g/mol. The van der Waals surface area contributed by atoms with Gasteiger partial charge in [0.05, 0.1) is 31.2 Å². The van der Waals surface area contributed by atoms with Crippen LogP contribution in [0.4, 0.5) is 5.69 Å². The molecule has 2 N–H and O–H groups in total. The molecule has 0 amide bonds. The smallest absolute Gasteiger partial charge is 0.340 e. The zero-order chi connectivity index (χ0) is 12.0. The van der Waals surface area contributed by atoms with E-state index in [9.17, 15) is 4.79 Å². The molecule has 0 atom stereocenters. The fourth-order valence-electron chi connectivity index (χ4n) is 1.04. The van der Waals surface area contributed by atoms with Gasteiger partial charge in [-0.15, -0.1) is 0 Å². The number of methoxy groups -OCH3 is 2. The molecule has 0 aliphatic carbocycles. The maximum Gasteiger partial charge on any atom is 0.340 e. The van der Waals surface area contributed by atoms with Gasteiger partial charge in [0.2, 0.25) is 5.88 Å². The Hall–Kier alpha value is -1.82. The number of nitrogen functional groups attached to an aromatic ring is 1. The van der Waals surface area contributed by atoms with Crippen molar-refractivity contribution in [2.24, 2.45) is 0 Å². The van der Waals surface area contributed by atoms with Gasteiger partial charge in [-0.05, 0) is 0 Å². The van der Waals surface area contributed by atoms with Crippen molar-refractivity contribution in [2.75, 3.05) is 33.2 Å². The van der Waals surface area contributed by atoms with Gasteiger partial charge in [0, 0.05) is 13.2 Å². The minimum atomic E-state index is -0.517. The van der Waals surface area contributed by atoms with E-state index < -0.39 is 5.97 Å². The number of nitrogens with two attached hydrogens (primary N) is 1. The number of ether oxygens (including phenoxy) is 3. The summed E-state index contributed by atoms with van der Waals surface area (Å²) >= 11 is 0. The molecular formula is C10H14N2O4. The molecule has 0 aliphatic rings. The molecule has 1 aromatic heterocycles. The number of hydrogen-bond acceptors (Lipinski definition) is 6. The van der Waals surface area contributed by atoms with E-state index in [1.165, 1.54) is 19.4 Å². The quantitative estimate of drug-likeness (QED) is 0.580. The highest BCUT2D eigenvalue weighted by Gasteiger charge is 2.11. The predicted molar refractivity (Wildman–Crippen MR) is 57.4 cm³/mol. The third-order valence-corrected chi connectivity index (χ3v) is 1.85. The number of carbonyl (C=O) groups excluding carboxylic acids is 1. The van der Waals surface area contributed by atoms with Crippen LogP contribution in [0.25, 0.3) is 0 Å². The normalized spacial score (nSPS) is 9.88. The van der Waals surface area contributed by atoms with Crippen molar-refractivity contribution in [2.45, 2.75) is 0 Å². The Bertz CT molecular complexity index is 368. The van der Waals surface area contributed by atoms with Crippen LogP contribution in [0.15, 0.2) is 12.3 Å². The van der Waals surface area contributed by atoms with Crippen LogP contribution in [0, 0.1) is 0 Å². The first-order valence-corrected chi connectivity index (χ1v) is 4.64. The third-order valence-electron chi connectivity index (χ3n) is 1.85. The minimum absolute atomic E-state index is 0.241. The van der Waals surface area contributed by atoms with Crippen molar-refractivity contribution in [1.82, 2.24) is 4.98 Å². The molecule has 1 aromatic rings. The first kappa shape index (κ1) is 12.3. The van der Waals surface area contributed by atoms with E-state index in [0.29, 0.717) is 19.1 Å². The van der Waals surface area contributed by atoms with Gasteiger partial charge < -0.3 is 19.9 Å². The minimum Gasteiger partial charge on any atom is -0.475 e. The lowest BCUT2D eigenvalue weighted by Crippen LogP contribution is -2.09. The molecule has 0 aromatic carbocycles. The molecule has 88 valence electrons. The maximum absolute atomic E-state index is 11.3. The van der Waals surface area contributed by atoms with Crippen LogP contribution in [0.2, 0.25) is 0 Å². The number of hydrogen-bond donors (Lipinski definition) is 1. The summed E-state index contributed by atoms with van der Waals surface area (Å²) in [5, 5.41) is 0. The predicted octanol–water partition coefficient (Wildman–Crippen LogP) is 0.476.